The number of hydrogen-bond acceptors (Lipinski definition) is 2. The van der Waals surface area contributed by atoms with Crippen LogP contribution >= 0.6 is 0 Å². The minimum absolute atomic E-state index is 0.128. The summed E-state index contributed by atoms with van der Waals surface area (Å²) in [4.78, 5) is 2.45. The van der Waals surface area contributed by atoms with Crippen molar-refractivity contribution in [2.75, 3.05) is 18.5 Å². The average Bonchev–Trinajstić information content (AvgIpc) is 2.37. The molecular formula is C17H28N2. The van der Waals surface area contributed by atoms with E-state index < -0.39 is 0 Å². The van der Waals surface area contributed by atoms with Crippen molar-refractivity contribution in [3.05, 3.63) is 29.8 Å². The summed E-state index contributed by atoms with van der Waals surface area (Å²) in [5, 5.41) is 0. The minimum Gasteiger partial charge on any atom is -0.367 e. The molecule has 2 rings (SSSR count). The predicted molar refractivity (Wildman–Crippen MR) is 83.5 cm³/mol. The van der Waals surface area contributed by atoms with Gasteiger partial charge in [-0.3, -0.25) is 0 Å². The summed E-state index contributed by atoms with van der Waals surface area (Å²) in [7, 11) is 2.22. The third-order valence-corrected chi connectivity index (χ3v) is 4.83. The van der Waals surface area contributed by atoms with Gasteiger partial charge in [0, 0.05) is 19.3 Å². The van der Waals surface area contributed by atoms with Gasteiger partial charge in [0.2, 0.25) is 0 Å². The maximum atomic E-state index is 6.21. The van der Waals surface area contributed by atoms with Crippen LogP contribution in [-0.2, 0) is 0 Å². The number of benzene rings is 1. The van der Waals surface area contributed by atoms with Crippen LogP contribution < -0.4 is 10.6 Å². The second-order valence-corrected chi connectivity index (χ2v) is 6.63. The lowest BCUT2D eigenvalue weighted by Gasteiger charge is -2.49. The van der Waals surface area contributed by atoms with Crippen LogP contribution in [0.5, 0.6) is 0 Å². The monoisotopic (exact) mass is 260 g/mol. The van der Waals surface area contributed by atoms with Crippen molar-refractivity contribution >= 4 is 5.69 Å². The summed E-state index contributed by atoms with van der Waals surface area (Å²) < 4.78 is 0. The molecule has 2 heteroatoms. The standard InChI is InChI=1S/C17H28N2/c1-13-9-14(2)11-17(10-13,12-18)19(4)16-8-6-5-7-15(16)3/h5-8,13-14H,9-12,18H2,1-4H3. The molecule has 1 aliphatic carbocycles. The van der Waals surface area contributed by atoms with Crippen LogP contribution in [0.2, 0.25) is 0 Å². The Labute approximate surface area is 118 Å². The van der Waals surface area contributed by atoms with Crippen molar-refractivity contribution in [1.29, 1.82) is 0 Å². The highest BCUT2D eigenvalue weighted by Gasteiger charge is 2.40. The van der Waals surface area contributed by atoms with Crippen LogP contribution in [0.4, 0.5) is 5.69 Å². The molecule has 106 valence electrons. The van der Waals surface area contributed by atoms with Gasteiger partial charge in [-0.2, -0.15) is 0 Å². The fraction of sp³-hybridized carbons (Fsp3) is 0.647. The maximum Gasteiger partial charge on any atom is 0.0526 e. The molecule has 0 spiro atoms. The Hall–Kier alpha value is -1.02. The molecule has 0 amide bonds. The largest absolute Gasteiger partial charge is 0.367 e. The van der Waals surface area contributed by atoms with Gasteiger partial charge in [0.05, 0.1) is 5.54 Å². The first kappa shape index (κ1) is 14.4. The normalized spacial score (nSPS) is 31.2. The molecule has 0 heterocycles. The Balaban J connectivity index is 2.33. The zero-order valence-corrected chi connectivity index (χ0v) is 12.8. The molecule has 0 bridgehead atoms. The highest BCUT2D eigenvalue weighted by Crippen LogP contribution is 2.41. The second kappa shape index (κ2) is 5.54. The van der Waals surface area contributed by atoms with Gasteiger partial charge >= 0.3 is 0 Å². The Morgan fingerprint density at radius 3 is 2.32 bits per heavy atom. The van der Waals surface area contributed by atoms with Gasteiger partial charge in [-0.05, 0) is 49.7 Å². The topological polar surface area (TPSA) is 29.3 Å². The number of anilines is 1. The van der Waals surface area contributed by atoms with E-state index in [4.69, 9.17) is 5.73 Å². The molecule has 2 atom stereocenters. The van der Waals surface area contributed by atoms with Crippen LogP contribution in [0.25, 0.3) is 0 Å². The lowest BCUT2D eigenvalue weighted by Crippen LogP contribution is -2.56. The SMILES string of the molecule is Cc1ccccc1N(C)C1(CN)CC(C)CC(C)C1. The van der Waals surface area contributed by atoms with Gasteiger partial charge in [-0.25, -0.2) is 0 Å². The van der Waals surface area contributed by atoms with Crippen molar-refractivity contribution in [1.82, 2.24) is 0 Å². The summed E-state index contributed by atoms with van der Waals surface area (Å²) in [6.07, 6.45) is 3.75. The van der Waals surface area contributed by atoms with Crippen molar-refractivity contribution in [2.24, 2.45) is 17.6 Å². The fourth-order valence-electron chi connectivity index (χ4n) is 4.01. The lowest BCUT2D eigenvalue weighted by molar-refractivity contribution is 0.182. The first-order chi connectivity index (χ1) is 8.98. The van der Waals surface area contributed by atoms with E-state index in [-0.39, 0.29) is 5.54 Å². The fourth-order valence-corrected chi connectivity index (χ4v) is 4.01. The highest BCUT2D eigenvalue weighted by atomic mass is 15.2. The molecule has 0 aliphatic heterocycles. The van der Waals surface area contributed by atoms with Gasteiger partial charge in [-0.15, -0.1) is 0 Å². The summed E-state index contributed by atoms with van der Waals surface area (Å²) in [5.74, 6) is 1.53. The average molecular weight is 260 g/mol. The summed E-state index contributed by atoms with van der Waals surface area (Å²) in [5.41, 5.74) is 9.00. The molecule has 0 aromatic heterocycles. The van der Waals surface area contributed by atoms with Crippen molar-refractivity contribution in [2.45, 2.75) is 45.6 Å². The molecule has 2 N–H and O–H groups in total. The molecular weight excluding hydrogens is 232 g/mol. The van der Waals surface area contributed by atoms with Crippen LogP contribution in [-0.4, -0.2) is 19.1 Å². The maximum absolute atomic E-state index is 6.21. The molecule has 0 radical (unpaired) electrons. The number of para-hydroxylation sites is 1. The van der Waals surface area contributed by atoms with E-state index in [1.807, 2.05) is 0 Å². The molecule has 1 aliphatic rings. The zero-order chi connectivity index (χ0) is 14.0. The molecule has 1 fully saturated rings. The molecule has 0 saturated heterocycles. The number of aryl methyl sites for hydroxylation is 1. The minimum atomic E-state index is 0.128. The quantitative estimate of drug-likeness (QED) is 0.900. The smallest absolute Gasteiger partial charge is 0.0526 e. The predicted octanol–water partition coefficient (Wildman–Crippen LogP) is 3.58. The third kappa shape index (κ3) is 2.79. The molecule has 1 aromatic rings. The molecule has 1 saturated carbocycles. The van der Waals surface area contributed by atoms with Gasteiger partial charge in [0.25, 0.3) is 0 Å². The Bertz CT molecular complexity index is 417. The number of hydrogen-bond donors (Lipinski definition) is 1. The van der Waals surface area contributed by atoms with Crippen LogP contribution in [0, 0.1) is 18.8 Å². The molecule has 19 heavy (non-hydrogen) atoms. The van der Waals surface area contributed by atoms with Crippen LogP contribution in [0.3, 0.4) is 0 Å². The van der Waals surface area contributed by atoms with Crippen LogP contribution in [0.1, 0.15) is 38.7 Å². The van der Waals surface area contributed by atoms with Gasteiger partial charge < -0.3 is 10.6 Å². The van der Waals surface area contributed by atoms with Gasteiger partial charge in [0.15, 0.2) is 0 Å². The first-order valence-electron chi connectivity index (χ1n) is 7.48. The number of nitrogens with zero attached hydrogens (tertiary/aromatic N) is 1. The van der Waals surface area contributed by atoms with E-state index in [1.54, 1.807) is 0 Å². The third-order valence-electron chi connectivity index (χ3n) is 4.83. The van der Waals surface area contributed by atoms with Crippen molar-refractivity contribution < 1.29 is 0 Å². The lowest BCUT2D eigenvalue weighted by atomic mass is 9.70. The summed E-state index contributed by atoms with van der Waals surface area (Å²) in [6.45, 7) is 7.66. The van der Waals surface area contributed by atoms with Gasteiger partial charge in [-0.1, -0.05) is 32.0 Å². The van der Waals surface area contributed by atoms with E-state index in [9.17, 15) is 0 Å². The van der Waals surface area contributed by atoms with E-state index in [0.717, 1.165) is 18.4 Å². The number of nitrogens with two attached hydrogens (primary N) is 1. The summed E-state index contributed by atoms with van der Waals surface area (Å²) in [6, 6.07) is 8.63. The Kier molecular flexibility index (Phi) is 4.19. The zero-order valence-electron chi connectivity index (χ0n) is 12.8. The van der Waals surface area contributed by atoms with Gasteiger partial charge in [0.1, 0.15) is 0 Å². The first-order valence-corrected chi connectivity index (χ1v) is 7.48. The number of rotatable bonds is 3. The molecule has 2 unspecified atom stereocenters. The Morgan fingerprint density at radius 2 is 1.79 bits per heavy atom. The number of likely N-dealkylation sites (N-methyl/N-ethyl adjacent to an activating group) is 1. The molecule has 1 aromatic carbocycles. The Morgan fingerprint density at radius 1 is 1.21 bits per heavy atom. The van der Waals surface area contributed by atoms with Crippen molar-refractivity contribution in [3.8, 4) is 0 Å². The van der Waals surface area contributed by atoms with E-state index in [0.29, 0.717) is 0 Å². The second-order valence-electron chi connectivity index (χ2n) is 6.63. The van der Waals surface area contributed by atoms with E-state index >= 15 is 0 Å². The van der Waals surface area contributed by atoms with E-state index in [1.165, 1.54) is 30.5 Å². The van der Waals surface area contributed by atoms with Crippen LogP contribution in [0.15, 0.2) is 24.3 Å². The van der Waals surface area contributed by atoms with Crippen molar-refractivity contribution in [3.63, 3.8) is 0 Å². The molecule has 2 nitrogen and oxygen atoms in total. The van der Waals surface area contributed by atoms with E-state index in [2.05, 4.69) is 57.0 Å². The highest BCUT2D eigenvalue weighted by molar-refractivity contribution is 5.54. The summed E-state index contributed by atoms with van der Waals surface area (Å²) >= 11 is 0.